The van der Waals surface area contributed by atoms with E-state index in [0.29, 0.717) is 11.6 Å². The minimum absolute atomic E-state index is 0.0580. The Labute approximate surface area is 181 Å². The molecule has 1 N–H and O–H groups in total. The van der Waals surface area contributed by atoms with Gasteiger partial charge in [0.2, 0.25) is 15.8 Å². The van der Waals surface area contributed by atoms with Gasteiger partial charge in [0.05, 0.1) is 4.90 Å². The number of rotatable bonds is 8. The van der Waals surface area contributed by atoms with Gasteiger partial charge in [-0.15, -0.1) is 0 Å². The molecular formula is C23H24N2O5S. The lowest BCUT2D eigenvalue weighted by Gasteiger charge is -2.09. The Morgan fingerprint density at radius 2 is 1.77 bits per heavy atom. The van der Waals surface area contributed by atoms with Gasteiger partial charge in [-0.05, 0) is 55.7 Å². The SMILES string of the molecule is Cc1cc(C(=O)COC(=O)CNS(=O)(=O)c2ccc3ccccc3c2)c(C)n1C1CC1. The number of sulfonamides is 1. The number of fused-ring (bicyclic) bond motifs is 1. The lowest BCUT2D eigenvalue weighted by molar-refractivity contribution is -0.141. The molecule has 8 heteroatoms. The summed E-state index contributed by atoms with van der Waals surface area (Å²) < 4.78 is 34.4. The number of hydrogen-bond donors (Lipinski definition) is 1. The number of esters is 1. The monoisotopic (exact) mass is 440 g/mol. The fraction of sp³-hybridized carbons (Fsp3) is 0.304. The zero-order chi connectivity index (χ0) is 22.2. The first kappa shape index (κ1) is 21.3. The number of carbonyl (C=O) groups is 2. The van der Waals surface area contributed by atoms with E-state index in [1.165, 1.54) is 6.07 Å². The van der Waals surface area contributed by atoms with Crippen molar-refractivity contribution in [3.8, 4) is 0 Å². The molecule has 1 aliphatic carbocycles. The molecule has 1 aromatic heterocycles. The normalized spacial score (nSPS) is 14.0. The van der Waals surface area contributed by atoms with Gasteiger partial charge in [0.25, 0.3) is 0 Å². The van der Waals surface area contributed by atoms with Crippen molar-refractivity contribution in [2.75, 3.05) is 13.2 Å². The Hall–Kier alpha value is -2.97. The van der Waals surface area contributed by atoms with Crippen molar-refractivity contribution < 1.29 is 22.7 Å². The highest BCUT2D eigenvalue weighted by molar-refractivity contribution is 7.89. The van der Waals surface area contributed by atoms with Gasteiger partial charge in [-0.25, -0.2) is 8.42 Å². The van der Waals surface area contributed by atoms with Crippen molar-refractivity contribution in [3.05, 3.63) is 65.5 Å². The summed E-state index contributed by atoms with van der Waals surface area (Å²) in [6.07, 6.45) is 2.21. The van der Waals surface area contributed by atoms with Gasteiger partial charge >= 0.3 is 5.97 Å². The fourth-order valence-corrected chi connectivity index (χ4v) is 4.80. The predicted molar refractivity (Wildman–Crippen MR) is 117 cm³/mol. The highest BCUT2D eigenvalue weighted by Gasteiger charge is 2.28. The number of ketones is 1. The third kappa shape index (κ3) is 4.55. The molecule has 1 heterocycles. The van der Waals surface area contributed by atoms with Crippen molar-refractivity contribution in [1.29, 1.82) is 0 Å². The highest BCUT2D eigenvalue weighted by atomic mass is 32.2. The second-order valence-corrected chi connectivity index (χ2v) is 9.57. The Morgan fingerprint density at radius 3 is 2.48 bits per heavy atom. The molecule has 0 spiro atoms. The number of Topliss-reactive ketones (excluding diaryl/α,β-unsaturated/α-hetero) is 1. The molecule has 0 saturated heterocycles. The van der Waals surface area contributed by atoms with E-state index in [1.54, 1.807) is 12.1 Å². The van der Waals surface area contributed by atoms with Gasteiger partial charge in [-0.1, -0.05) is 30.3 Å². The number of aromatic nitrogens is 1. The molecule has 0 amide bonds. The van der Waals surface area contributed by atoms with Gasteiger partial charge in [0.1, 0.15) is 6.54 Å². The summed E-state index contributed by atoms with van der Waals surface area (Å²) >= 11 is 0. The van der Waals surface area contributed by atoms with E-state index in [-0.39, 0.29) is 10.7 Å². The fourth-order valence-electron chi connectivity index (χ4n) is 3.80. The topological polar surface area (TPSA) is 94.5 Å². The molecule has 7 nitrogen and oxygen atoms in total. The highest BCUT2D eigenvalue weighted by Crippen LogP contribution is 2.38. The van der Waals surface area contributed by atoms with E-state index in [9.17, 15) is 18.0 Å². The second kappa shape index (κ2) is 8.28. The minimum atomic E-state index is -3.89. The molecule has 3 aromatic rings. The van der Waals surface area contributed by atoms with Gasteiger partial charge in [0.15, 0.2) is 6.61 Å². The predicted octanol–water partition coefficient (Wildman–Crippen LogP) is 3.30. The zero-order valence-electron chi connectivity index (χ0n) is 17.4. The molecular weight excluding hydrogens is 416 g/mol. The Kier molecular flexibility index (Phi) is 5.68. The van der Waals surface area contributed by atoms with Crippen molar-refractivity contribution in [2.45, 2.75) is 37.6 Å². The Balaban J connectivity index is 1.34. The molecule has 0 unspecified atom stereocenters. The van der Waals surface area contributed by atoms with E-state index < -0.39 is 29.1 Å². The first-order chi connectivity index (χ1) is 14.8. The second-order valence-electron chi connectivity index (χ2n) is 7.80. The number of nitrogens with one attached hydrogen (secondary N) is 1. The first-order valence-electron chi connectivity index (χ1n) is 10.1. The quantitative estimate of drug-likeness (QED) is 0.428. The molecule has 1 aliphatic rings. The van der Waals surface area contributed by atoms with Crippen LogP contribution < -0.4 is 4.72 Å². The summed E-state index contributed by atoms with van der Waals surface area (Å²) in [6, 6.07) is 14.4. The van der Waals surface area contributed by atoms with E-state index in [2.05, 4.69) is 9.29 Å². The van der Waals surface area contributed by atoms with Crippen molar-refractivity contribution >= 4 is 32.5 Å². The number of aryl methyl sites for hydroxylation is 1. The van der Waals surface area contributed by atoms with Crippen LogP contribution in [0.3, 0.4) is 0 Å². The molecule has 0 radical (unpaired) electrons. The van der Waals surface area contributed by atoms with E-state index in [1.807, 2.05) is 44.2 Å². The first-order valence-corrected chi connectivity index (χ1v) is 11.6. The molecule has 1 saturated carbocycles. The van der Waals surface area contributed by atoms with Crippen LogP contribution in [0.1, 0.15) is 40.6 Å². The van der Waals surface area contributed by atoms with Crippen LogP contribution in [-0.4, -0.2) is 37.9 Å². The van der Waals surface area contributed by atoms with Crippen molar-refractivity contribution in [1.82, 2.24) is 9.29 Å². The zero-order valence-corrected chi connectivity index (χ0v) is 18.2. The van der Waals surface area contributed by atoms with Crippen LogP contribution >= 0.6 is 0 Å². The average Bonchev–Trinajstić information content (AvgIpc) is 3.54. The molecule has 4 rings (SSSR count). The summed E-state index contributed by atoms with van der Waals surface area (Å²) in [6.45, 7) is 2.86. The summed E-state index contributed by atoms with van der Waals surface area (Å²) in [5.41, 5.74) is 2.42. The number of carbonyl (C=O) groups excluding carboxylic acids is 2. The van der Waals surface area contributed by atoms with E-state index >= 15 is 0 Å². The maximum Gasteiger partial charge on any atom is 0.321 e. The largest absolute Gasteiger partial charge is 0.456 e. The van der Waals surface area contributed by atoms with Crippen molar-refractivity contribution in [3.63, 3.8) is 0 Å². The van der Waals surface area contributed by atoms with Gasteiger partial charge < -0.3 is 9.30 Å². The Bertz CT molecular complexity index is 1270. The number of hydrogen-bond acceptors (Lipinski definition) is 5. The summed E-state index contributed by atoms with van der Waals surface area (Å²) in [5.74, 6) is -1.11. The number of benzene rings is 2. The minimum Gasteiger partial charge on any atom is -0.456 e. The molecule has 0 aliphatic heterocycles. The van der Waals surface area contributed by atoms with Crippen LogP contribution in [-0.2, 0) is 19.6 Å². The lowest BCUT2D eigenvalue weighted by atomic mass is 10.1. The molecule has 1 fully saturated rings. The van der Waals surface area contributed by atoms with Crippen LogP contribution in [0.25, 0.3) is 10.8 Å². The number of ether oxygens (including phenoxy) is 1. The Morgan fingerprint density at radius 1 is 1.06 bits per heavy atom. The van der Waals surface area contributed by atoms with Crippen LogP contribution in [0.4, 0.5) is 0 Å². The van der Waals surface area contributed by atoms with Crippen molar-refractivity contribution in [2.24, 2.45) is 0 Å². The van der Waals surface area contributed by atoms with Crippen LogP contribution in [0.15, 0.2) is 53.4 Å². The molecule has 2 aromatic carbocycles. The maximum absolute atomic E-state index is 12.5. The van der Waals surface area contributed by atoms with Gasteiger partial charge in [-0.3, -0.25) is 9.59 Å². The number of nitrogens with zero attached hydrogens (tertiary/aromatic N) is 1. The summed E-state index contributed by atoms with van der Waals surface area (Å²) in [7, 11) is -3.89. The molecule has 31 heavy (non-hydrogen) atoms. The third-order valence-corrected chi connectivity index (χ3v) is 6.90. The smallest absolute Gasteiger partial charge is 0.321 e. The third-order valence-electron chi connectivity index (χ3n) is 5.50. The maximum atomic E-state index is 12.5. The van der Waals surface area contributed by atoms with Gasteiger partial charge in [0, 0.05) is 23.0 Å². The summed E-state index contributed by atoms with van der Waals surface area (Å²) in [4.78, 5) is 24.6. The van der Waals surface area contributed by atoms with E-state index in [4.69, 9.17) is 4.74 Å². The average molecular weight is 441 g/mol. The van der Waals surface area contributed by atoms with Crippen LogP contribution in [0.2, 0.25) is 0 Å². The van der Waals surface area contributed by atoms with E-state index in [0.717, 1.165) is 35.0 Å². The lowest BCUT2D eigenvalue weighted by Crippen LogP contribution is -2.31. The van der Waals surface area contributed by atoms with Crippen LogP contribution in [0.5, 0.6) is 0 Å². The molecule has 162 valence electrons. The standard InChI is InChI=1S/C23H24N2O5S/c1-15-11-21(16(2)25(15)19-8-9-19)22(26)14-30-23(27)13-24-31(28,29)20-10-7-17-5-3-4-6-18(17)12-20/h3-7,10-12,19,24H,8-9,13-14H2,1-2H3. The van der Waals surface area contributed by atoms with Gasteiger partial charge in [-0.2, -0.15) is 4.72 Å². The molecule has 0 bridgehead atoms. The van der Waals surface area contributed by atoms with Crippen LogP contribution in [0, 0.1) is 13.8 Å². The molecule has 0 atom stereocenters. The summed E-state index contributed by atoms with van der Waals surface area (Å²) in [5, 5.41) is 1.70.